The van der Waals surface area contributed by atoms with Crippen LogP contribution in [0.15, 0.2) is 0 Å². The van der Waals surface area contributed by atoms with Crippen LogP contribution in [0.25, 0.3) is 0 Å². The van der Waals surface area contributed by atoms with Crippen LogP contribution < -0.4 is 11.1 Å². The lowest BCUT2D eigenvalue weighted by molar-refractivity contribution is -0.145. The highest BCUT2D eigenvalue weighted by Gasteiger charge is 2.39. The Labute approximate surface area is 124 Å². The normalized spacial score (nSPS) is 17.0. The zero-order valence-electron chi connectivity index (χ0n) is 12.6. The van der Waals surface area contributed by atoms with Gasteiger partial charge in [-0.1, -0.05) is 13.8 Å². The molecular formula is C12H25N2O6P. The van der Waals surface area contributed by atoms with Crippen molar-refractivity contribution in [2.45, 2.75) is 51.9 Å². The molecule has 0 rings (SSSR count). The molecule has 0 aromatic carbocycles. The smallest absolute Gasteiger partial charge is 0.351 e. The summed E-state index contributed by atoms with van der Waals surface area (Å²) in [4.78, 5) is 32.2. The molecule has 3 unspecified atom stereocenters. The van der Waals surface area contributed by atoms with Gasteiger partial charge in [-0.05, 0) is 31.7 Å². The van der Waals surface area contributed by atoms with Gasteiger partial charge in [0.15, 0.2) is 6.10 Å². The Balaban J connectivity index is 4.94. The highest BCUT2D eigenvalue weighted by atomic mass is 31.2. The molecule has 3 atom stereocenters. The summed E-state index contributed by atoms with van der Waals surface area (Å²) in [5.74, 6) is -3.33. The Bertz CT molecular complexity index is 401. The van der Waals surface area contributed by atoms with Gasteiger partial charge in [-0.15, -0.1) is 0 Å². The first-order valence-electron chi connectivity index (χ1n) is 6.82. The molecule has 0 aromatic rings. The lowest BCUT2D eigenvalue weighted by Crippen LogP contribution is -2.39. The number of carboxylic acids is 1. The topological polar surface area (TPSA) is 139 Å². The molecular weight excluding hydrogens is 299 g/mol. The quantitative estimate of drug-likeness (QED) is 0.345. The van der Waals surface area contributed by atoms with E-state index in [9.17, 15) is 19.0 Å². The van der Waals surface area contributed by atoms with Crippen LogP contribution in [0.4, 0.5) is 0 Å². The number of hydrogen-bond donors (Lipinski definition) is 4. The molecule has 0 spiro atoms. The number of carbonyl (C=O) groups is 2. The van der Waals surface area contributed by atoms with Gasteiger partial charge in [0, 0.05) is 6.92 Å². The molecule has 0 aromatic heterocycles. The van der Waals surface area contributed by atoms with E-state index in [0.717, 1.165) is 0 Å². The number of nitrogens with two attached hydrogens (primary N) is 1. The maximum Gasteiger partial charge on any atom is 0.351 e. The van der Waals surface area contributed by atoms with E-state index in [0.29, 0.717) is 19.4 Å². The molecule has 0 bridgehead atoms. The van der Waals surface area contributed by atoms with E-state index >= 15 is 0 Å². The van der Waals surface area contributed by atoms with Crippen molar-refractivity contribution >= 4 is 19.5 Å². The van der Waals surface area contributed by atoms with Crippen molar-refractivity contribution in [3.63, 3.8) is 0 Å². The number of nitrogens with one attached hydrogen (secondary N) is 1. The molecule has 8 nitrogen and oxygen atoms in total. The van der Waals surface area contributed by atoms with Crippen molar-refractivity contribution < 1.29 is 28.7 Å². The van der Waals surface area contributed by atoms with Crippen molar-refractivity contribution in [3.05, 3.63) is 0 Å². The fourth-order valence-corrected chi connectivity index (χ4v) is 3.57. The minimum absolute atomic E-state index is 0.0853. The number of unbranched alkanes of at least 4 members (excludes halogenated alkanes) is 1. The van der Waals surface area contributed by atoms with Crippen molar-refractivity contribution in [2.24, 2.45) is 11.7 Å². The molecule has 0 saturated carbocycles. The number of hydrogen-bond acceptors (Lipinski definition) is 5. The maximum atomic E-state index is 12.3. The van der Waals surface area contributed by atoms with E-state index in [4.69, 9.17) is 15.4 Å². The van der Waals surface area contributed by atoms with E-state index in [1.807, 2.05) is 0 Å². The molecule has 5 N–H and O–H groups in total. The molecule has 0 saturated heterocycles. The van der Waals surface area contributed by atoms with Gasteiger partial charge in [-0.2, -0.15) is 0 Å². The number of rotatable bonds is 10. The van der Waals surface area contributed by atoms with E-state index < -0.39 is 31.4 Å². The van der Waals surface area contributed by atoms with Gasteiger partial charge < -0.3 is 21.1 Å². The van der Waals surface area contributed by atoms with Crippen molar-refractivity contribution in [1.82, 2.24) is 5.32 Å². The first-order valence-corrected chi connectivity index (χ1v) is 8.47. The summed E-state index contributed by atoms with van der Waals surface area (Å²) < 4.78 is 17.2. The van der Waals surface area contributed by atoms with Crippen LogP contribution in [0.3, 0.4) is 0 Å². The fraction of sp³-hybridized carbons (Fsp3) is 0.833. The van der Waals surface area contributed by atoms with Gasteiger partial charge in [-0.3, -0.25) is 13.9 Å². The number of carbonyl (C=O) groups excluding carboxylic acids is 1. The molecule has 0 fully saturated rings. The second kappa shape index (κ2) is 9.15. The van der Waals surface area contributed by atoms with Gasteiger partial charge in [-0.25, -0.2) is 4.79 Å². The van der Waals surface area contributed by atoms with E-state index in [2.05, 4.69) is 5.32 Å². The van der Waals surface area contributed by atoms with Gasteiger partial charge in [0.25, 0.3) is 0 Å². The van der Waals surface area contributed by atoms with Crippen LogP contribution in [-0.4, -0.2) is 40.3 Å². The Morgan fingerprint density at radius 1 is 1.33 bits per heavy atom. The van der Waals surface area contributed by atoms with Crippen LogP contribution in [0, 0.1) is 5.92 Å². The van der Waals surface area contributed by atoms with Gasteiger partial charge in [0.05, 0.1) is 0 Å². The first-order chi connectivity index (χ1) is 9.61. The Kier molecular flexibility index (Phi) is 8.73. The highest BCUT2D eigenvalue weighted by molar-refractivity contribution is 7.53. The zero-order chi connectivity index (χ0) is 16.6. The standard InChI is InChI=1S/C12H25N2O6P/c1-8(2)11(14-9(3)15)21(18,19)20-10(12(16)17)6-4-5-7-13/h8,10-11H,4-7,13H2,1-3H3,(H,14,15)(H,16,17)(H,18,19). The van der Waals surface area contributed by atoms with Crippen molar-refractivity contribution in [2.75, 3.05) is 6.54 Å². The van der Waals surface area contributed by atoms with E-state index in [1.165, 1.54) is 6.92 Å². The maximum absolute atomic E-state index is 12.3. The molecule has 21 heavy (non-hydrogen) atoms. The average Bonchev–Trinajstić information content (AvgIpc) is 2.34. The minimum Gasteiger partial charge on any atom is -0.479 e. The largest absolute Gasteiger partial charge is 0.479 e. The summed E-state index contributed by atoms with van der Waals surface area (Å²) in [5.41, 5.74) is 5.32. The van der Waals surface area contributed by atoms with Gasteiger partial charge >= 0.3 is 13.6 Å². The first kappa shape index (κ1) is 20.1. The molecule has 0 heterocycles. The van der Waals surface area contributed by atoms with Crippen LogP contribution in [0.2, 0.25) is 0 Å². The third-order valence-electron chi connectivity index (χ3n) is 2.81. The predicted octanol–water partition coefficient (Wildman–Crippen LogP) is 0.889. The van der Waals surface area contributed by atoms with Crippen LogP contribution >= 0.6 is 7.60 Å². The number of aliphatic carboxylic acids is 1. The molecule has 0 aliphatic heterocycles. The SMILES string of the molecule is CC(=O)NC(C(C)C)P(=O)(O)OC(CCCCN)C(=O)O. The predicted molar refractivity (Wildman–Crippen MR) is 77.7 cm³/mol. The summed E-state index contributed by atoms with van der Waals surface area (Å²) in [5, 5.41) is 11.4. The Hall–Kier alpha value is -0.950. The summed E-state index contributed by atoms with van der Waals surface area (Å²) in [6, 6.07) is 0. The van der Waals surface area contributed by atoms with Gasteiger partial charge in [0.2, 0.25) is 5.91 Å². The highest BCUT2D eigenvalue weighted by Crippen LogP contribution is 2.50. The lowest BCUT2D eigenvalue weighted by Gasteiger charge is -2.28. The number of amides is 1. The number of carboxylic acid groups (broad SMARTS) is 1. The van der Waals surface area contributed by atoms with Crippen molar-refractivity contribution in [3.8, 4) is 0 Å². The summed E-state index contributed by atoms with van der Waals surface area (Å²) >= 11 is 0. The zero-order valence-corrected chi connectivity index (χ0v) is 13.5. The fourth-order valence-electron chi connectivity index (χ4n) is 1.78. The third-order valence-corrected chi connectivity index (χ3v) is 4.79. The monoisotopic (exact) mass is 324 g/mol. The second-order valence-electron chi connectivity index (χ2n) is 5.17. The van der Waals surface area contributed by atoms with E-state index in [-0.39, 0.29) is 12.3 Å². The van der Waals surface area contributed by atoms with Crippen LogP contribution in [0.1, 0.15) is 40.0 Å². The third kappa shape index (κ3) is 7.57. The summed E-state index contributed by atoms with van der Waals surface area (Å²) in [7, 11) is -4.32. The average molecular weight is 324 g/mol. The summed E-state index contributed by atoms with van der Waals surface area (Å²) in [6.45, 7) is 4.89. The molecule has 0 aliphatic carbocycles. The van der Waals surface area contributed by atoms with Crippen molar-refractivity contribution in [1.29, 1.82) is 0 Å². The second-order valence-corrected chi connectivity index (χ2v) is 7.07. The van der Waals surface area contributed by atoms with E-state index in [1.54, 1.807) is 13.8 Å². The molecule has 0 radical (unpaired) electrons. The van der Waals surface area contributed by atoms with Crippen LogP contribution in [-0.2, 0) is 18.7 Å². The van der Waals surface area contributed by atoms with Gasteiger partial charge in [0.1, 0.15) is 5.78 Å². The molecule has 9 heteroatoms. The Morgan fingerprint density at radius 2 is 1.90 bits per heavy atom. The Morgan fingerprint density at radius 3 is 2.29 bits per heavy atom. The molecule has 124 valence electrons. The van der Waals surface area contributed by atoms with Crippen LogP contribution in [0.5, 0.6) is 0 Å². The minimum atomic E-state index is -4.32. The summed E-state index contributed by atoms with van der Waals surface area (Å²) in [6.07, 6.45) is -0.244. The lowest BCUT2D eigenvalue weighted by atomic mass is 10.1. The molecule has 0 aliphatic rings. The molecule has 1 amide bonds.